The summed E-state index contributed by atoms with van der Waals surface area (Å²) < 4.78 is 68.9. The van der Waals surface area contributed by atoms with Crippen molar-refractivity contribution in [3.05, 3.63) is 58.7 Å². The van der Waals surface area contributed by atoms with E-state index < -0.39 is 46.1 Å². The minimum Gasteiger partial charge on any atom is -0.490 e. The Morgan fingerprint density at radius 2 is 1.50 bits per heavy atom. The van der Waals surface area contributed by atoms with Gasteiger partial charge in [-0.2, -0.15) is 5.26 Å². The molecule has 38 heavy (non-hydrogen) atoms. The van der Waals surface area contributed by atoms with Crippen LogP contribution in [0.25, 0.3) is 0 Å². The molecule has 1 fully saturated rings. The molecule has 206 valence electrons. The number of nitrogens with zero attached hydrogens (tertiary/aromatic N) is 1. The van der Waals surface area contributed by atoms with Gasteiger partial charge < -0.3 is 9.47 Å². The van der Waals surface area contributed by atoms with Crippen molar-refractivity contribution in [2.24, 2.45) is 11.8 Å². The van der Waals surface area contributed by atoms with Crippen LogP contribution in [0.1, 0.15) is 100 Å². The van der Waals surface area contributed by atoms with E-state index in [1.54, 1.807) is 0 Å². The van der Waals surface area contributed by atoms with Gasteiger partial charge in [-0.3, -0.25) is 0 Å². The molecule has 0 aliphatic heterocycles. The topological polar surface area (TPSA) is 59.3 Å². The van der Waals surface area contributed by atoms with Gasteiger partial charge in [0.2, 0.25) is 0 Å². The van der Waals surface area contributed by atoms with Gasteiger partial charge in [0, 0.05) is 24.3 Å². The molecule has 0 N–H and O–H groups in total. The van der Waals surface area contributed by atoms with Gasteiger partial charge in [0.05, 0.1) is 0 Å². The van der Waals surface area contributed by atoms with E-state index >= 15 is 8.78 Å². The molecule has 0 radical (unpaired) electrons. The first kappa shape index (κ1) is 29.5. The second-order valence-electron chi connectivity index (χ2n) is 10.1. The highest BCUT2D eigenvalue weighted by Gasteiger charge is 2.33. The fourth-order valence-corrected chi connectivity index (χ4v) is 5.38. The fourth-order valence-electron chi connectivity index (χ4n) is 5.38. The maximum Gasteiger partial charge on any atom is 0.349 e. The average molecular weight is 534 g/mol. The highest BCUT2D eigenvalue weighted by molar-refractivity contribution is 5.91. The summed E-state index contributed by atoms with van der Waals surface area (Å²) in [5.41, 5.74) is -1.85. The van der Waals surface area contributed by atoms with Crippen molar-refractivity contribution in [1.29, 1.82) is 5.26 Å². The molecular weight excluding hydrogens is 498 g/mol. The van der Waals surface area contributed by atoms with Crippen LogP contribution in [0.3, 0.4) is 0 Å². The molecule has 2 unspecified atom stereocenters. The first-order valence-electron chi connectivity index (χ1n) is 13.6. The lowest BCUT2D eigenvalue weighted by molar-refractivity contribution is 0.0454. The van der Waals surface area contributed by atoms with Crippen molar-refractivity contribution in [3.63, 3.8) is 0 Å². The Balaban J connectivity index is 1.84. The Morgan fingerprint density at radius 3 is 2.05 bits per heavy atom. The zero-order valence-electron chi connectivity index (χ0n) is 22.0. The summed E-state index contributed by atoms with van der Waals surface area (Å²) >= 11 is 0. The van der Waals surface area contributed by atoms with E-state index in [9.17, 15) is 13.6 Å². The van der Waals surface area contributed by atoms with Crippen LogP contribution in [0.5, 0.6) is 11.5 Å². The van der Waals surface area contributed by atoms with Gasteiger partial charge >= 0.3 is 5.97 Å². The molecule has 0 aromatic heterocycles. The van der Waals surface area contributed by atoms with Gasteiger partial charge in [0.15, 0.2) is 0 Å². The molecule has 4 nitrogen and oxygen atoms in total. The Bertz CT molecular complexity index is 1090. The summed E-state index contributed by atoms with van der Waals surface area (Å²) in [6.45, 7) is 4.27. The van der Waals surface area contributed by atoms with Crippen molar-refractivity contribution in [3.8, 4) is 17.6 Å². The normalized spacial score (nSPS) is 15.5. The lowest BCUT2D eigenvalue weighted by atomic mass is 9.77. The van der Waals surface area contributed by atoms with Crippen LogP contribution in [0.2, 0.25) is 0 Å². The minimum atomic E-state index is -1.46. The SMILES string of the molecule is CCCCCC(CCC)C(Oc1cc(F)c(C(=O)Oc2cc(F)c(C#N)c(F)c2)c(F)c1)C1CCCCC1. The number of benzene rings is 2. The number of carbonyl (C=O) groups is 1. The van der Waals surface area contributed by atoms with E-state index in [0.29, 0.717) is 18.1 Å². The van der Waals surface area contributed by atoms with Crippen LogP contribution in [0.4, 0.5) is 17.6 Å². The molecule has 2 aromatic rings. The molecule has 2 atom stereocenters. The van der Waals surface area contributed by atoms with Crippen LogP contribution in [-0.4, -0.2) is 12.1 Å². The summed E-state index contributed by atoms with van der Waals surface area (Å²) in [6.07, 6.45) is 11.4. The number of carbonyl (C=O) groups excluding carboxylic acids is 1. The molecule has 8 heteroatoms. The summed E-state index contributed by atoms with van der Waals surface area (Å²) in [7, 11) is 0. The number of esters is 1. The third kappa shape index (κ3) is 7.49. The number of unbranched alkanes of at least 4 members (excludes halogenated alkanes) is 2. The first-order valence-corrected chi connectivity index (χ1v) is 13.6. The maximum atomic E-state index is 15.0. The second-order valence-corrected chi connectivity index (χ2v) is 10.1. The first-order chi connectivity index (χ1) is 18.3. The minimum absolute atomic E-state index is 0.000759. The number of nitriles is 1. The molecule has 2 aromatic carbocycles. The Morgan fingerprint density at radius 1 is 0.895 bits per heavy atom. The Labute approximate surface area is 221 Å². The number of halogens is 4. The number of hydrogen-bond acceptors (Lipinski definition) is 4. The van der Waals surface area contributed by atoms with Crippen molar-refractivity contribution in [2.45, 2.75) is 90.6 Å². The van der Waals surface area contributed by atoms with Gasteiger partial charge in [-0.1, -0.05) is 58.8 Å². The van der Waals surface area contributed by atoms with Crippen LogP contribution in [0.15, 0.2) is 24.3 Å². The molecular formula is C30H35F4NO3. The lowest BCUT2D eigenvalue weighted by Crippen LogP contribution is -2.36. The molecule has 1 aliphatic carbocycles. The quantitative estimate of drug-likeness (QED) is 0.119. The van der Waals surface area contributed by atoms with Crippen LogP contribution in [0, 0.1) is 46.4 Å². The van der Waals surface area contributed by atoms with Gasteiger partial charge in [-0.05, 0) is 37.5 Å². The van der Waals surface area contributed by atoms with E-state index in [2.05, 4.69) is 13.8 Å². The average Bonchev–Trinajstić information content (AvgIpc) is 2.87. The van der Waals surface area contributed by atoms with Crippen molar-refractivity contribution in [2.75, 3.05) is 0 Å². The fraction of sp³-hybridized carbons (Fsp3) is 0.533. The zero-order valence-corrected chi connectivity index (χ0v) is 22.0. The van der Waals surface area contributed by atoms with Crippen molar-refractivity contribution in [1.82, 2.24) is 0 Å². The summed E-state index contributed by atoms with van der Waals surface area (Å²) in [4.78, 5) is 12.5. The Kier molecular flexibility index (Phi) is 11.0. The molecule has 1 saturated carbocycles. The van der Waals surface area contributed by atoms with Crippen LogP contribution < -0.4 is 9.47 Å². The Hall–Kier alpha value is -3.08. The molecule has 0 saturated heterocycles. The highest BCUT2D eigenvalue weighted by atomic mass is 19.1. The van der Waals surface area contributed by atoms with Crippen molar-refractivity contribution >= 4 is 5.97 Å². The van der Waals surface area contributed by atoms with E-state index in [4.69, 9.17) is 14.7 Å². The lowest BCUT2D eigenvalue weighted by Gasteiger charge is -2.36. The zero-order chi connectivity index (χ0) is 27.7. The van der Waals surface area contributed by atoms with E-state index in [0.717, 1.165) is 76.3 Å². The standard InChI is InChI=1S/C30H35F4NO3/c1-3-5-7-11-19(10-4-2)29(20-12-8-6-9-13-20)37-21-16-26(33)28(27(34)17-21)30(36)38-22-14-24(31)23(18-35)25(32)15-22/h14-17,19-20,29H,3-13H2,1-2H3. The molecule has 3 rings (SSSR count). The van der Waals surface area contributed by atoms with E-state index in [1.807, 2.05) is 0 Å². The second kappa shape index (κ2) is 14.2. The van der Waals surface area contributed by atoms with Crippen LogP contribution >= 0.6 is 0 Å². The monoisotopic (exact) mass is 533 g/mol. The number of ether oxygens (including phenoxy) is 2. The van der Waals surface area contributed by atoms with Gasteiger partial charge in [-0.15, -0.1) is 0 Å². The predicted octanol–water partition coefficient (Wildman–Crippen LogP) is 8.66. The third-order valence-electron chi connectivity index (χ3n) is 7.25. The van der Waals surface area contributed by atoms with Gasteiger partial charge in [0.1, 0.15) is 58.1 Å². The summed E-state index contributed by atoms with van der Waals surface area (Å²) in [5.74, 6) is -6.43. The van der Waals surface area contributed by atoms with E-state index in [-0.39, 0.29) is 17.8 Å². The van der Waals surface area contributed by atoms with E-state index in [1.165, 1.54) is 12.5 Å². The molecule has 0 bridgehead atoms. The summed E-state index contributed by atoms with van der Waals surface area (Å²) in [6, 6.07) is 4.48. The third-order valence-corrected chi connectivity index (χ3v) is 7.25. The van der Waals surface area contributed by atoms with Gasteiger partial charge in [-0.25, -0.2) is 22.4 Å². The largest absolute Gasteiger partial charge is 0.490 e. The molecule has 0 amide bonds. The highest BCUT2D eigenvalue weighted by Crippen LogP contribution is 2.37. The van der Waals surface area contributed by atoms with Gasteiger partial charge in [0.25, 0.3) is 0 Å². The molecule has 0 spiro atoms. The predicted molar refractivity (Wildman–Crippen MR) is 136 cm³/mol. The maximum absolute atomic E-state index is 15.0. The molecule has 0 heterocycles. The molecule has 1 aliphatic rings. The number of rotatable bonds is 12. The van der Waals surface area contributed by atoms with Crippen molar-refractivity contribution < 1.29 is 31.8 Å². The van der Waals surface area contributed by atoms with Crippen LogP contribution in [-0.2, 0) is 0 Å². The number of hydrogen-bond donors (Lipinski definition) is 0. The smallest absolute Gasteiger partial charge is 0.349 e. The summed E-state index contributed by atoms with van der Waals surface area (Å²) in [5, 5.41) is 8.76.